The van der Waals surface area contributed by atoms with Gasteiger partial charge in [0.05, 0.1) is 6.61 Å². The monoisotopic (exact) mass is 1010 g/mol. The predicted molar refractivity (Wildman–Crippen MR) is 316 cm³/mol. The second-order valence-corrected chi connectivity index (χ2v) is 21.3. The van der Waals surface area contributed by atoms with Crippen LogP contribution in [-0.4, -0.2) is 37.9 Å². The molecule has 0 saturated carbocycles. The Morgan fingerprint density at radius 1 is 0.306 bits per heavy atom. The Balaban J connectivity index is 4.29. The van der Waals surface area contributed by atoms with Crippen molar-refractivity contribution in [3.8, 4) is 0 Å². The molecule has 0 aliphatic carbocycles. The van der Waals surface area contributed by atoms with Gasteiger partial charge in [-0.2, -0.15) is 0 Å². The number of allylic oxidation sites excluding steroid dienone is 10. The van der Waals surface area contributed by atoms with Crippen molar-refractivity contribution in [3.05, 3.63) is 60.8 Å². The average molecular weight is 1010 g/mol. The summed E-state index contributed by atoms with van der Waals surface area (Å²) in [5.74, 6) is -0.416. The molecule has 0 radical (unpaired) electrons. The molecule has 5 nitrogen and oxygen atoms in total. The minimum atomic E-state index is -0.550. The molecular weight excluding hydrogens is 885 g/mol. The summed E-state index contributed by atoms with van der Waals surface area (Å²) in [4.78, 5) is 25.6. The van der Waals surface area contributed by atoms with Crippen LogP contribution in [0.5, 0.6) is 0 Å². The molecule has 0 spiro atoms. The molecule has 0 amide bonds. The molecule has 0 unspecified atom stereocenters. The van der Waals surface area contributed by atoms with Crippen molar-refractivity contribution in [2.24, 2.45) is 0 Å². The molecule has 1 atom stereocenters. The van der Waals surface area contributed by atoms with Gasteiger partial charge in [-0.25, -0.2) is 0 Å². The van der Waals surface area contributed by atoms with E-state index in [1.807, 2.05) is 0 Å². The maximum absolute atomic E-state index is 12.9. The summed E-state index contributed by atoms with van der Waals surface area (Å²) in [6, 6.07) is 0. The minimum Gasteiger partial charge on any atom is -0.462 e. The van der Waals surface area contributed by atoms with E-state index in [1.165, 1.54) is 225 Å². The van der Waals surface area contributed by atoms with E-state index < -0.39 is 6.10 Å². The maximum Gasteiger partial charge on any atom is 0.306 e. The Morgan fingerprint density at radius 2 is 0.583 bits per heavy atom. The number of esters is 2. The number of rotatable bonds is 59. The first-order valence-corrected chi connectivity index (χ1v) is 31.8. The van der Waals surface area contributed by atoms with Crippen molar-refractivity contribution in [2.45, 2.75) is 335 Å². The van der Waals surface area contributed by atoms with Gasteiger partial charge in [0.1, 0.15) is 6.61 Å². The zero-order chi connectivity index (χ0) is 52.0. The summed E-state index contributed by atoms with van der Waals surface area (Å²) < 4.78 is 17.5. The van der Waals surface area contributed by atoms with Gasteiger partial charge >= 0.3 is 11.9 Å². The Hall–Kier alpha value is -2.40. The normalized spacial score (nSPS) is 12.5. The first kappa shape index (κ1) is 69.6. The van der Waals surface area contributed by atoms with E-state index in [-0.39, 0.29) is 25.2 Å². The molecular formula is C67H122O5. The smallest absolute Gasteiger partial charge is 0.306 e. The van der Waals surface area contributed by atoms with Gasteiger partial charge in [-0.1, -0.05) is 287 Å². The molecule has 5 heteroatoms. The zero-order valence-corrected chi connectivity index (χ0v) is 48.5. The van der Waals surface area contributed by atoms with Crippen LogP contribution in [0.4, 0.5) is 0 Å². The predicted octanol–water partition coefficient (Wildman–Crippen LogP) is 22.0. The molecule has 420 valence electrons. The molecule has 0 aliphatic rings. The summed E-state index contributed by atoms with van der Waals surface area (Å²) >= 11 is 0. The second-order valence-electron chi connectivity index (χ2n) is 21.3. The van der Waals surface area contributed by atoms with Gasteiger partial charge in [0.15, 0.2) is 6.10 Å². The molecule has 0 aromatic rings. The molecule has 0 bridgehead atoms. The lowest BCUT2D eigenvalue weighted by Crippen LogP contribution is -2.30. The van der Waals surface area contributed by atoms with Crippen molar-refractivity contribution in [3.63, 3.8) is 0 Å². The van der Waals surface area contributed by atoms with Crippen molar-refractivity contribution in [1.29, 1.82) is 0 Å². The molecule has 0 fully saturated rings. The molecule has 0 saturated heterocycles. The zero-order valence-electron chi connectivity index (χ0n) is 48.5. The van der Waals surface area contributed by atoms with Gasteiger partial charge in [0.25, 0.3) is 0 Å². The van der Waals surface area contributed by atoms with E-state index in [2.05, 4.69) is 81.5 Å². The van der Waals surface area contributed by atoms with E-state index in [0.717, 1.165) is 70.6 Å². The highest BCUT2D eigenvalue weighted by Crippen LogP contribution is 2.17. The Bertz CT molecular complexity index is 1230. The van der Waals surface area contributed by atoms with E-state index in [1.54, 1.807) is 0 Å². The van der Waals surface area contributed by atoms with E-state index in [4.69, 9.17) is 14.2 Å². The van der Waals surface area contributed by atoms with Crippen molar-refractivity contribution >= 4 is 11.9 Å². The van der Waals surface area contributed by atoms with Crippen molar-refractivity contribution in [2.75, 3.05) is 19.8 Å². The number of carbonyl (C=O) groups excluding carboxylic acids is 2. The van der Waals surface area contributed by atoms with Gasteiger partial charge < -0.3 is 14.2 Å². The lowest BCUT2D eigenvalue weighted by molar-refractivity contribution is -0.163. The molecule has 0 aromatic carbocycles. The van der Waals surface area contributed by atoms with Gasteiger partial charge in [0, 0.05) is 19.4 Å². The fourth-order valence-electron chi connectivity index (χ4n) is 9.26. The van der Waals surface area contributed by atoms with Gasteiger partial charge in [0.2, 0.25) is 0 Å². The Kier molecular flexibility index (Phi) is 60.8. The van der Waals surface area contributed by atoms with Crippen molar-refractivity contribution in [1.82, 2.24) is 0 Å². The SMILES string of the molecule is CCCCC/C=C\C/C=C\C/C=C\C/C=C\CCCCCC(=O)OC[C@@H](COCCCCCCCCCCCCCCCCCC)OC(=O)CCCCCCCCCCCCC/C=C\CCCCCCCC. The van der Waals surface area contributed by atoms with Crippen LogP contribution in [0.25, 0.3) is 0 Å². The maximum atomic E-state index is 12.9. The Morgan fingerprint density at radius 3 is 0.986 bits per heavy atom. The fourth-order valence-corrected chi connectivity index (χ4v) is 9.26. The number of unbranched alkanes of at least 4 members (excludes halogenated alkanes) is 38. The molecule has 0 rings (SSSR count). The number of hydrogen-bond acceptors (Lipinski definition) is 5. The van der Waals surface area contributed by atoms with Gasteiger partial charge in [-0.3, -0.25) is 9.59 Å². The van der Waals surface area contributed by atoms with Crippen LogP contribution in [0, 0.1) is 0 Å². The molecule has 72 heavy (non-hydrogen) atoms. The minimum absolute atomic E-state index is 0.0715. The topological polar surface area (TPSA) is 61.8 Å². The van der Waals surface area contributed by atoms with Gasteiger partial charge in [-0.15, -0.1) is 0 Å². The number of hydrogen-bond donors (Lipinski definition) is 0. The summed E-state index contributed by atoms with van der Waals surface area (Å²) in [7, 11) is 0. The highest BCUT2D eigenvalue weighted by molar-refractivity contribution is 5.70. The van der Waals surface area contributed by atoms with Crippen LogP contribution < -0.4 is 0 Å². The molecule has 0 heterocycles. The fraction of sp³-hybridized carbons (Fsp3) is 0.821. The molecule has 0 aromatic heterocycles. The average Bonchev–Trinajstić information content (AvgIpc) is 3.38. The van der Waals surface area contributed by atoms with Crippen LogP contribution in [0.2, 0.25) is 0 Å². The lowest BCUT2D eigenvalue weighted by atomic mass is 10.0. The first-order chi connectivity index (χ1) is 35.6. The first-order valence-electron chi connectivity index (χ1n) is 31.8. The van der Waals surface area contributed by atoms with Crippen LogP contribution in [-0.2, 0) is 23.8 Å². The molecule has 0 aliphatic heterocycles. The van der Waals surface area contributed by atoms with E-state index >= 15 is 0 Å². The van der Waals surface area contributed by atoms with Gasteiger partial charge in [-0.05, 0) is 89.9 Å². The number of carbonyl (C=O) groups is 2. The van der Waals surface area contributed by atoms with Crippen LogP contribution in [0.1, 0.15) is 329 Å². The third kappa shape index (κ3) is 60.2. The van der Waals surface area contributed by atoms with E-state index in [9.17, 15) is 9.59 Å². The van der Waals surface area contributed by atoms with Crippen LogP contribution >= 0.6 is 0 Å². The van der Waals surface area contributed by atoms with Crippen molar-refractivity contribution < 1.29 is 23.8 Å². The van der Waals surface area contributed by atoms with E-state index in [0.29, 0.717) is 19.4 Å². The third-order valence-corrected chi connectivity index (χ3v) is 14.0. The summed E-state index contributed by atoms with van der Waals surface area (Å²) in [5, 5.41) is 0. The number of ether oxygens (including phenoxy) is 3. The summed E-state index contributed by atoms with van der Waals surface area (Å²) in [5.41, 5.74) is 0. The summed E-state index contributed by atoms with van der Waals surface area (Å²) in [6.45, 7) is 7.82. The standard InChI is InChI=1S/C67H122O5/c1-4-7-10-13-16-19-22-25-28-31-33-34-36-38-40-43-46-49-52-55-58-61-67(69)72-65(63-70-62-59-56-53-50-47-44-41-30-27-24-21-18-15-12-9-6-3)64-71-66(68)60-57-54-51-48-45-42-39-37-35-32-29-26-23-20-17-14-11-8-5-2/h17,20,25-26,28-29,35,37,42,45,65H,4-16,18-19,21-24,27,30-34,36,38-41,43-44,46-64H2,1-3H3/b20-17-,28-25-,29-26-,37-35-,45-42-/t65-/m1/s1. The lowest BCUT2D eigenvalue weighted by Gasteiger charge is -2.18. The highest BCUT2D eigenvalue weighted by atomic mass is 16.6. The second kappa shape index (κ2) is 62.9. The van der Waals surface area contributed by atoms with Crippen LogP contribution in [0.15, 0.2) is 60.8 Å². The quantitative estimate of drug-likeness (QED) is 0.0345. The highest BCUT2D eigenvalue weighted by Gasteiger charge is 2.17. The summed E-state index contributed by atoms with van der Waals surface area (Å²) in [6.07, 6.45) is 81.1. The Labute approximate surface area is 449 Å². The largest absolute Gasteiger partial charge is 0.462 e. The van der Waals surface area contributed by atoms with Crippen LogP contribution in [0.3, 0.4) is 0 Å². The molecule has 0 N–H and O–H groups in total. The third-order valence-electron chi connectivity index (χ3n) is 14.0.